The normalized spacial score (nSPS) is 20.9. The Labute approximate surface area is 366 Å². The van der Waals surface area contributed by atoms with Crippen LogP contribution in [0.4, 0.5) is 0 Å². The maximum absolute atomic E-state index is 12.8. The second-order valence-corrected chi connectivity index (χ2v) is 16.5. The molecule has 0 radical (unpaired) electrons. The van der Waals surface area contributed by atoms with Gasteiger partial charge in [0.1, 0.15) is 36.8 Å². The molecule has 0 saturated carbocycles. The maximum atomic E-state index is 12.8. The molecule has 1 aliphatic heterocycles. The van der Waals surface area contributed by atoms with E-state index >= 15 is 0 Å². The van der Waals surface area contributed by atoms with Crippen molar-refractivity contribution in [1.82, 2.24) is 0 Å². The Morgan fingerprint density at radius 2 is 1.07 bits per heavy atom. The molecule has 1 aliphatic rings. The molecule has 12 nitrogen and oxygen atoms in total. The van der Waals surface area contributed by atoms with Gasteiger partial charge in [0.2, 0.25) is 0 Å². The van der Waals surface area contributed by atoms with E-state index in [0.29, 0.717) is 12.8 Å². The molecule has 0 amide bonds. The predicted octanol–water partition coefficient (Wildman–Crippen LogP) is 9.05. The first-order valence-corrected chi connectivity index (χ1v) is 23.9. The lowest BCUT2D eigenvalue weighted by Gasteiger charge is -2.40. The molecule has 0 bridgehead atoms. The minimum atomic E-state index is -4.62. The van der Waals surface area contributed by atoms with Gasteiger partial charge in [-0.3, -0.25) is 14.1 Å². The standard InChI is InChI=1S/C48H76O12S/c1-3-5-7-9-11-13-15-17-19-20-21-22-23-25-26-28-30-32-34-36-43(49)57-38-41(39-58-48-47(53)46(52)45(51)42(60-48)40-61(54,55)56)59-44(50)37-35-33-31-29-27-24-18-16-14-12-10-8-6-4-2/h5,7,10-13,16-19,21-22,25-26,30,32,41-42,45-48,51-53H,3-4,6,8-9,14-15,20,23-24,27-29,31,33-40H2,1-2H3,(H,54,55,56)/b7-5+,12-10+,13-11+,18-16+,19-17+,22-21+,26-25+,32-30+/t41-,42-,45-,46?,47?,48+/m1/s1. The van der Waals surface area contributed by atoms with Crippen LogP contribution in [0.15, 0.2) is 97.2 Å². The molecule has 0 spiro atoms. The van der Waals surface area contributed by atoms with Crippen molar-refractivity contribution >= 4 is 22.1 Å². The summed E-state index contributed by atoms with van der Waals surface area (Å²) in [6.45, 7) is 3.50. The molecular weight excluding hydrogens is 801 g/mol. The third-order valence-electron chi connectivity index (χ3n) is 9.41. The summed E-state index contributed by atoms with van der Waals surface area (Å²) in [6, 6.07) is 0. The Bertz CT molecular complexity index is 1490. The van der Waals surface area contributed by atoms with E-state index in [1.165, 1.54) is 12.8 Å². The van der Waals surface area contributed by atoms with Gasteiger partial charge in [-0.2, -0.15) is 8.42 Å². The van der Waals surface area contributed by atoms with E-state index in [1.807, 2.05) is 12.2 Å². The first-order chi connectivity index (χ1) is 29.5. The Kier molecular flexibility index (Phi) is 33.9. The predicted molar refractivity (Wildman–Crippen MR) is 242 cm³/mol. The Morgan fingerprint density at radius 3 is 1.61 bits per heavy atom. The summed E-state index contributed by atoms with van der Waals surface area (Å²) in [6.07, 6.45) is 40.3. The molecule has 2 unspecified atom stereocenters. The molecule has 13 heteroatoms. The number of carbonyl (C=O) groups is 2. The Balaban J connectivity index is 2.52. The van der Waals surface area contributed by atoms with Crippen molar-refractivity contribution in [3.8, 4) is 0 Å². The zero-order valence-corrected chi connectivity index (χ0v) is 37.5. The van der Waals surface area contributed by atoms with Crippen LogP contribution in [-0.2, 0) is 38.7 Å². The fraction of sp³-hybridized carbons (Fsp3) is 0.625. The number of hydrogen-bond acceptors (Lipinski definition) is 11. The molecule has 4 N–H and O–H groups in total. The van der Waals surface area contributed by atoms with Crippen molar-refractivity contribution < 1.29 is 56.8 Å². The van der Waals surface area contributed by atoms with Crippen LogP contribution in [0.5, 0.6) is 0 Å². The number of allylic oxidation sites excluding steroid dienone is 16. The summed E-state index contributed by atoms with van der Waals surface area (Å²) >= 11 is 0. The molecule has 61 heavy (non-hydrogen) atoms. The van der Waals surface area contributed by atoms with Crippen molar-refractivity contribution in [2.24, 2.45) is 0 Å². The van der Waals surface area contributed by atoms with Gasteiger partial charge < -0.3 is 34.3 Å². The lowest BCUT2D eigenvalue weighted by atomic mass is 10.00. The monoisotopic (exact) mass is 877 g/mol. The summed E-state index contributed by atoms with van der Waals surface area (Å²) in [5.41, 5.74) is 0. The van der Waals surface area contributed by atoms with Crippen molar-refractivity contribution in [1.29, 1.82) is 0 Å². The van der Waals surface area contributed by atoms with Crippen LogP contribution in [0.1, 0.15) is 136 Å². The van der Waals surface area contributed by atoms with Crippen molar-refractivity contribution in [2.45, 2.75) is 173 Å². The molecule has 1 heterocycles. The largest absolute Gasteiger partial charge is 0.462 e. The van der Waals surface area contributed by atoms with Crippen molar-refractivity contribution in [3.05, 3.63) is 97.2 Å². The first kappa shape index (κ1) is 55.6. The number of esters is 2. The van der Waals surface area contributed by atoms with E-state index in [0.717, 1.165) is 83.5 Å². The van der Waals surface area contributed by atoms with Gasteiger partial charge in [0.05, 0.1) is 6.61 Å². The first-order valence-electron chi connectivity index (χ1n) is 22.3. The van der Waals surface area contributed by atoms with E-state index in [4.69, 9.17) is 18.9 Å². The summed E-state index contributed by atoms with van der Waals surface area (Å²) in [7, 11) is -4.62. The van der Waals surface area contributed by atoms with Crippen LogP contribution in [0.25, 0.3) is 0 Å². The molecular formula is C48H76O12S. The van der Waals surface area contributed by atoms with Gasteiger partial charge in [0, 0.05) is 12.8 Å². The molecule has 0 aromatic heterocycles. The fourth-order valence-electron chi connectivity index (χ4n) is 5.95. The third-order valence-corrected chi connectivity index (χ3v) is 10.2. The molecule has 0 aromatic rings. The van der Waals surface area contributed by atoms with Crippen LogP contribution in [0.3, 0.4) is 0 Å². The zero-order valence-electron chi connectivity index (χ0n) is 36.7. The highest BCUT2D eigenvalue weighted by Gasteiger charge is 2.46. The molecule has 346 valence electrons. The van der Waals surface area contributed by atoms with E-state index in [9.17, 15) is 37.9 Å². The number of aliphatic hydroxyl groups excluding tert-OH is 3. The summed E-state index contributed by atoms with van der Waals surface area (Å²) in [5.74, 6) is -2.13. The van der Waals surface area contributed by atoms with Gasteiger partial charge in [0.25, 0.3) is 10.1 Å². The second-order valence-electron chi connectivity index (χ2n) is 15.0. The highest BCUT2D eigenvalue weighted by Crippen LogP contribution is 2.24. The molecule has 1 fully saturated rings. The smallest absolute Gasteiger partial charge is 0.306 e. The average Bonchev–Trinajstić information content (AvgIpc) is 3.22. The van der Waals surface area contributed by atoms with Gasteiger partial charge in [-0.1, -0.05) is 143 Å². The van der Waals surface area contributed by atoms with Crippen LogP contribution in [0, 0.1) is 0 Å². The summed E-state index contributed by atoms with van der Waals surface area (Å²) < 4.78 is 53.9. The van der Waals surface area contributed by atoms with Gasteiger partial charge in [0.15, 0.2) is 12.4 Å². The minimum Gasteiger partial charge on any atom is -0.462 e. The van der Waals surface area contributed by atoms with E-state index in [1.54, 1.807) is 0 Å². The van der Waals surface area contributed by atoms with Gasteiger partial charge in [-0.05, 0) is 77.0 Å². The molecule has 0 aliphatic carbocycles. The quantitative estimate of drug-likeness (QED) is 0.0205. The number of rotatable bonds is 35. The molecule has 6 atom stereocenters. The Hall–Kier alpha value is -3.43. The summed E-state index contributed by atoms with van der Waals surface area (Å²) in [4.78, 5) is 25.4. The number of carbonyl (C=O) groups excluding carboxylic acids is 2. The van der Waals surface area contributed by atoms with E-state index in [2.05, 4.69) is 98.9 Å². The SMILES string of the molecule is CC/C=C/C/C=C/C/C=C/C/C=C/C/C=C/C/C=C/CCC(=O)OC[C@H](CO[C@H]1O[C@H](CS(=O)(=O)O)[C@@H](O)C(O)C1O)OC(=O)CCCCCCC/C=C/C/C=C/CCCC. The van der Waals surface area contributed by atoms with Crippen LogP contribution < -0.4 is 0 Å². The number of ether oxygens (including phenoxy) is 4. The zero-order chi connectivity index (χ0) is 44.8. The molecule has 1 rings (SSSR count). The van der Waals surface area contributed by atoms with Crippen LogP contribution in [0.2, 0.25) is 0 Å². The maximum Gasteiger partial charge on any atom is 0.306 e. The summed E-state index contributed by atoms with van der Waals surface area (Å²) in [5, 5.41) is 30.9. The molecule has 0 aromatic carbocycles. The number of hydrogen-bond donors (Lipinski definition) is 4. The second kappa shape index (κ2) is 37.2. The highest BCUT2D eigenvalue weighted by molar-refractivity contribution is 7.85. The fourth-order valence-corrected chi connectivity index (χ4v) is 6.64. The highest BCUT2D eigenvalue weighted by atomic mass is 32.2. The van der Waals surface area contributed by atoms with Gasteiger partial charge >= 0.3 is 11.9 Å². The average molecular weight is 877 g/mol. The third kappa shape index (κ3) is 32.0. The van der Waals surface area contributed by atoms with Crippen molar-refractivity contribution in [2.75, 3.05) is 19.0 Å². The van der Waals surface area contributed by atoms with Gasteiger partial charge in [-0.25, -0.2) is 0 Å². The van der Waals surface area contributed by atoms with Crippen LogP contribution in [-0.4, -0.2) is 96.0 Å². The van der Waals surface area contributed by atoms with Gasteiger partial charge in [-0.15, -0.1) is 0 Å². The Morgan fingerprint density at radius 1 is 0.574 bits per heavy atom. The number of unbranched alkanes of at least 4 members (excludes halogenated alkanes) is 7. The van der Waals surface area contributed by atoms with E-state index in [-0.39, 0.29) is 19.4 Å². The van der Waals surface area contributed by atoms with Crippen molar-refractivity contribution in [3.63, 3.8) is 0 Å². The lowest BCUT2D eigenvalue weighted by Crippen LogP contribution is -2.60. The topological polar surface area (TPSA) is 186 Å². The van der Waals surface area contributed by atoms with Crippen LogP contribution >= 0.6 is 0 Å². The van der Waals surface area contributed by atoms with E-state index < -0.39 is 71.2 Å². The lowest BCUT2D eigenvalue weighted by molar-refractivity contribution is -0.297. The minimum absolute atomic E-state index is 0.0847. The molecule has 1 saturated heterocycles. The number of aliphatic hydroxyl groups is 3.